The van der Waals surface area contributed by atoms with E-state index in [0.717, 1.165) is 11.5 Å². The SMILES string of the molecule is CCSC(SCC)[C@H](O)[C@H](O)[C@@H](O)CO. The normalized spacial score (nSPS) is 17.8. The summed E-state index contributed by atoms with van der Waals surface area (Å²) in [5.41, 5.74) is 0. The molecule has 0 fully saturated rings. The average Bonchev–Trinajstić information content (AvgIpc) is 2.25. The van der Waals surface area contributed by atoms with Crippen LogP contribution in [0, 0.1) is 0 Å². The maximum absolute atomic E-state index is 9.78. The fourth-order valence-corrected chi connectivity index (χ4v) is 3.65. The number of thioether (sulfide) groups is 2. The summed E-state index contributed by atoms with van der Waals surface area (Å²) in [6.07, 6.45) is -3.60. The third-order valence-electron chi connectivity index (χ3n) is 1.87. The van der Waals surface area contributed by atoms with Gasteiger partial charge >= 0.3 is 0 Å². The zero-order valence-electron chi connectivity index (χ0n) is 9.04. The van der Waals surface area contributed by atoms with Crippen LogP contribution in [0.2, 0.25) is 0 Å². The van der Waals surface area contributed by atoms with Gasteiger partial charge in [0.05, 0.1) is 11.2 Å². The summed E-state index contributed by atoms with van der Waals surface area (Å²) in [5.74, 6) is 1.66. The largest absolute Gasteiger partial charge is 0.394 e. The van der Waals surface area contributed by atoms with Gasteiger partial charge in [0, 0.05) is 0 Å². The Bertz CT molecular complexity index is 153. The molecule has 0 unspecified atom stereocenters. The topological polar surface area (TPSA) is 80.9 Å². The highest BCUT2D eigenvalue weighted by molar-refractivity contribution is 8.17. The molecule has 0 aliphatic carbocycles. The lowest BCUT2D eigenvalue weighted by atomic mass is 10.1. The molecule has 0 saturated carbocycles. The van der Waals surface area contributed by atoms with Crippen LogP contribution in [-0.4, -0.2) is 61.4 Å². The minimum absolute atomic E-state index is 0.170. The fourth-order valence-electron chi connectivity index (χ4n) is 1.07. The quantitative estimate of drug-likeness (QED) is 0.454. The molecule has 0 amide bonds. The first-order valence-corrected chi connectivity index (χ1v) is 7.06. The second kappa shape index (κ2) is 8.66. The molecule has 0 aromatic heterocycles. The lowest BCUT2D eigenvalue weighted by molar-refractivity contribution is -0.0706. The molecular formula is C9H20O4S2. The molecule has 0 aliphatic heterocycles. The standard InChI is InChI=1S/C9H20O4S2/c1-3-14-9(15-4-2)8(13)7(12)6(11)5-10/h6-13H,3-5H2,1-2H3/t6-,7+,8+/m0/s1. The van der Waals surface area contributed by atoms with Crippen LogP contribution in [0.25, 0.3) is 0 Å². The minimum atomic E-state index is -1.29. The van der Waals surface area contributed by atoms with Crippen molar-refractivity contribution in [1.29, 1.82) is 0 Å². The number of hydrogen-bond acceptors (Lipinski definition) is 6. The third kappa shape index (κ3) is 5.42. The molecule has 0 spiro atoms. The van der Waals surface area contributed by atoms with E-state index in [1.165, 1.54) is 23.5 Å². The van der Waals surface area contributed by atoms with E-state index < -0.39 is 24.9 Å². The molecule has 3 atom stereocenters. The summed E-state index contributed by atoms with van der Waals surface area (Å²) in [6, 6.07) is 0. The van der Waals surface area contributed by atoms with Crippen molar-refractivity contribution in [3.05, 3.63) is 0 Å². The maximum atomic E-state index is 9.78. The summed E-state index contributed by atoms with van der Waals surface area (Å²) in [5, 5.41) is 37.2. The van der Waals surface area contributed by atoms with Crippen molar-refractivity contribution in [3.63, 3.8) is 0 Å². The van der Waals surface area contributed by atoms with E-state index >= 15 is 0 Å². The van der Waals surface area contributed by atoms with Gasteiger partial charge in [-0.1, -0.05) is 13.8 Å². The first-order chi connectivity index (χ1) is 7.08. The molecule has 0 aromatic carbocycles. The van der Waals surface area contributed by atoms with Gasteiger partial charge in [0.25, 0.3) is 0 Å². The van der Waals surface area contributed by atoms with Crippen LogP contribution in [-0.2, 0) is 0 Å². The van der Waals surface area contributed by atoms with Gasteiger partial charge in [-0.15, -0.1) is 23.5 Å². The van der Waals surface area contributed by atoms with Crippen LogP contribution in [0.4, 0.5) is 0 Å². The summed E-state index contributed by atoms with van der Waals surface area (Å²) in [6.45, 7) is 3.39. The van der Waals surface area contributed by atoms with E-state index in [4.69, 9.17) is 5.11 Å². The van der Waals surface area contributed by atoms with Crippen LogP contribution >= 0.6 is 23.5 Å². The molecule has 0 saturated heterocycles. The molecule has 92 valence electrons. The van der Waals surface area contributed by atoms with E-state index in [9.17, 15) is 15.3 Å². The van der Waals surface area contributed by atoms with Gasteiger partial charge in [0.2, 0.25) is 0 Å². The zero-order chi connectivity index (χ0) is 11.8. The molecular weight excluding hydrogens is 236 g/mol. The first kappa shape index (κ1) is 15.5. The number of rotatable bonds is 8. The van der Waals surface area contributed by atoms with E-state index in [1.807, 2.05) is 13.8 Å². The highest BCUT2D eigenvalue weighted by atomic mass is 32.2. The zero-order valence-corrected chi connectivity index (χ0v) is 10.7. The predicted molar refractivity (Wildman–Crippen MR) is 65.2 cm³/mol. The Labute approximate surface area is 99.1 Å². The minimum Gasteiger partial charge on any atom is -0.394 e. The number of hydrogen-bond donors (Lipinski definition) is 4. The Kier molecular flexibility index (Phi) is 8.98. The maximum Gasteiger partial charge on any atom is 0.110 e. The molecule has 0 radical (unpaired) electrons. The lowest BCUT2D eigenvalue weighted by Crippen LogP contribution is -2.44. The summed E-state index contributed by atoms with van der Waals surface area (Å²) >= 11 is 3.05. The number of aliphatic hydroxyl groups is 4. The second-order valence-corrected chi connectivity index (χ2v) is 6.15. The van der Waals surface area contributed by atoms with Gasteiger partial charge in [-0.25, -0.2) is 0 Å². The van der Waals surface area contributed by atoms with Crippen molar-refractivity contribution in [2.24, 2.45) is 0 Å². The summed E-state index contributed by atoms with van der Waals surface area (Å²) < 4.78 is -0.170. The molecule has 0 heterocycles. The summed E-state index contributed by atoms with van der Waals surface area (Å²) in [4.78, 5) is 0. The van der Waals surface area contributed by atoms with E-state index in [1.54, 1.807) is 0 Å². The Morgan fingerprint density at radius 1 is 0.933 bits per heavy atom. The van der Waals surface area contributed by atoms with Crippen molar-refractivity contribution in [2.75, 3.05) is 18.1 Å². The van der Waals surface area contributed by atoms with Gasteiger partial charge in [0.15, 0.2) is 0 Å². The van der Waals surface area contributed by atoms with Crippen LogP contribution in [0.1, 0.15) is 13.8 Å². The molecule has 0 bridgehead atoms. The Morgan fingerprint density at radius 3 is 1.73 bits per heavy atom. The van der Waals surface area contributed by atoms with Gasteiger partial charge < -0.3 is 20.4 Å². The first-order valence-electron chi connectivity index (χ1n) is 4.96. The predicted octanol–water partition coefficient (Wildman–Crippen LogP) is -0.106. The fraction of sp³-hybridized carbons (Fsp3) is 1.00. The van der Waals surface area contributed by atoms with Crippen molar-refractivity contribution in [3.8, 4) is 0 Å². The van der Waals surface area contributed by atoms with E-state index in [0.29, 0.717) is 0 Å². The Morgan fingerprint density at radius 2 is 1.40 bits per heavy atom. The molecule has 0 aromatic rings. The van der Waals surface area contributed by atoms with Crippen LogP contribution in [0.3, 0.4) is 0 Å². The Balaban J connectivity index is 4.26. The second-order valence-electron chi connectivity index (χ2n) is 3.01. The van der Waals surface area contributed by atoms with Crippen molar-refractivity contribution >= 4 is 23.5 Å². The highest BCUT2D eigenvalue weighted by Gasteiger charge is 2.30. The molecule has 0 aliphatic rings. The molecule has 4 nitrogen and oxygen atoms in total. The number of aliphatic hydroxyl groups excluding tert-OH is 4. The van der Waals surface area contributed by atoms with Crippen molar-refractivity contribution in [2.45, 2.75) is 36.7 Å². The molecule has 0 rings (SSSR count). The average molecular weight is 256 g/mol. The lowest BCUT2D eigenvalue weighted by Gasteiger charge is -2.27. The Hall–Kier alpha value is 0.540. The molecule has 4 N–H and O–H groups in total. The highest BCUT2D eigenvalue weighted by Crippen LogP contribution is 2.28. The third-order valence-corrected chi connectivity index (χ3v) is 4.57. The van der Waals surface area contributed by atoms with E-state index in [-0.39, 0.29) is 4.58 Å². The van der Waals surface area contributed by atoms with Crippen LogP contribution < -0.4 is 0 Å². The monoisotopic (exact) mass is 256 g/mol. The smallest absolute Gasteiger partial charge is 0.110 e. The van der Waals surface area contributed by atoms with Gasteiger partial charge in [-0.05, 0) is 11.5 Å². The molecule has 6 heteroatoms. The van der Waals surface area contributed by atoms with Crippen LogP contribution in [0.5, 0.6) is 0 Å². The van der Waals surface area contributed by atoms with Crippen molar-refractivity contribution in [1.82, 2.24) is 0 Å². The van der Waals surface area contributed by atoms with Gasteiger partial charge in [-0.3, -0.25) is 0 Å². The van der Waals surface area contributed by atoms with Gasteiger partial charge in [-0.2, -0.15) is 0 Å². The summed E-state index contributed by atoms with van der Waals surface area (Å²) in [7, 11) is 0. The van der Waals surface area contributed by atoms with E-state index in [2.05, 4.69) is 0 Å². The van der Waals surface area contributed by atoms with Crippen molar-refractivity contribution < 1.29 is 20.4 Å². The van der Waals surface area contributed by atoms with Gasteiger partial charge in [0.1, 0.15) is 18.3 Å². The van der Waals surface area contributed by atoms with Crippen LogP contribution in [0.15, 0.2) is 0 Å². The molecule has 15 heavy (non-hydrogen) atoms.